The van der Waals surface area contributed by atoms with E-state index in [1.165, 1.54) is 0 Å². The zero-order valence-corrected chi connectivity index (χ0v) is 12.9. The normalized spacial score (nSPS) is 10.0. The van der Waals surface area contributed by atoms with Crippen molar-refractivity contribution < 1.29 is 9.53 Å². The molecule has 0 aromatic heterocycles. The molecule has 0 radical (unpaired) electrons. The van der Waals surface area contributed by atoms with E-state index in [4.69, 9.17) is 10.5 Å². The van der Waals surface area contributed by atoms with Crippen LogP contribution < -0.4 is 15.8 Å². The molecule has 1 aromatic rings. The maximum atomic E-state index is 11.3. The Morgan fingerprint density at radius 2 is 1.95 bits per heavy atom. The summed E-state index contributed by atoms with van der Waals surface area (Å²) in [5.74, 6) is 0.827. The van der Waals surface area contributed by atoms with E-state index in [2.05, 4.69) is 10.2 Å². The van der Waals surface area contributed by atoms with E-state index >= 15 is 0 Å². The second kappa shape index (κ2) is 10.5. The van der Waals surface area contributed by atoms with Gasteiger partial charge in [0.1, 0.15) is 12.4 Å². The monoisotopic (exact) mass is 301 g/mol. The lowest BCUT2D eigenvalue weighted by Gasteiger charge is -2.11. The molecule has 0 saturated carbocycles. The first kappa shape index (κ1) is 18.7. The lowest BCUT2D eigenvalue weighted by atomic mass is 10.2. The Hall–Kier alpha value is -1.30. The van der Waals surface area contributed by atoms with Crippen LogP contribution >= 0.6 is 12.4 Å². The van der Waals surface area contributed by atoms with Gasteiger partial charge in [-0.1, -0.05) is 12.1 Å². The van der Waals surface area contributed by atoms with Gasteiger partial charge in [0.05, 0.1) is 0 Å². The number of amides is 1. The SMILES string of the molecule is CN(C)CCOc1ccc(CNC(=O)CCN)cc1.Cl. The van der Waals surface area contributed by atoms with Crippen molar-refractivity contribution in [2.24, 2.45) is 5.73 Å². The first-order valence-electron chi connectivity index (χ1n) is 6.45. The van der Waals surface area contributed by atoms with E-state index in [0.29, 0.717) is 26.1 Å². The molecule has 0 spiro atoms. The van der Waals surface area contributed by atoms with Gasteiger partial charge < -0.3 is 20.7 Å². The van der Waals surface area contributed by atoms with Gasteiger partial charge in [-0.05, 0) is 31.8 Å². The third-order valence-corrected chi connectivity index (χ3v) is 2.59. The second-order valence-corrected chi connectivity index (χ2v) is 4.61. The van der Waals surface area contributed by atoms with Gasteiger partial charge in [0, 0.05) is 26.1 Å². The standard InChI is InChI=1S/C14H23N3O2.ClH/c1-17(2)9-10-19-13-5-3-12(4-6-13)11-16-14(18)7-8-15;/h3-6H,7-11,15H2,1-2H3,(H,16,18);1H. The molecule has 1 amide bonds. The van der Waals surface area contributed by atoms with E-state index in [0.717, 1.165) is 17.9 Å². The van der Waals surface area contributed by atoms with Gasteiger partial charge in [-0.25, -0.2) is 0 Å². The van der Waals surface area contributed by atoms with Crippen LogP contribution in [-0.4, -0.2) is 44.6 Å². The number of halogens is 1. The minimum atomic E-state index is -0.0196. The molecule has 0 atom stereocenters. The van der Waals surface area contributed by atoms with Crippen LogP contribution in [0.25, 0.3) is 0 Å². The van der Waals surface area contributed by atoms with Gasteiger partial charge in [-0.2, -0.15) is 0 Å². The molecule has 0 saturated heterocycles. The summed E-state index contributed by atoms with van der Waals surface area (Å²) >= 11 is 0. The Morgan fingerprint density at radius 3 is 2.50 bits per heavy atom. The average molecular weight is 302 g/mol. The van der Waals surface area contributed by atoms with Crippen LogP contribution in [0.1, 0.15) is 12.0 Å². The van der Waals surface area contributed by atoms with E-state index in [9.17, 15) is 4.79 Å². The fourth-order valence-corrected chi connectivity index (χ4v) is 1.47. The van der Waals surface area contributed by atoms with Gasteiger partial charge in [0.2, 0.25) is 5.91 Å². The molecule has 0 unspecified atom stereocenters. The van der Waals surface area contributed by atoms with Crippen LogP contribution in [-0.2, 0) is 11.3 Å². The van der Waals surface area contributed by atoms with Gasteiger partial charge in [-0.3, -0.25) is 4.79 Å². The minimum Gasteiger partial charge on any atom is -0.492 e. The zero-order chi connectivity index (χ0) is 14.1. The number of nitrogens with one attached hydrogen (secondary N) is 1. The van der Waals surface area contributed by atoms with Crippen LogP contribution in [0.4, 0.5) is 0 Å². The number of hydrogen-bond acceptors (Lipinski definition) is 4. The molecular weight excluding hydrogens is 278 g/mol. The lowest BCUT2D eigenvalue weighted by molar-refractivity contribution is -0.121. The summed E-state index contributed by atoms with van der Waals surface area (Å²) in [5.41, 5.74) is 6.35. The van der Waals surface area contributed by atoms with Crippen molar-refractivity contribution in [2.45, 2.75) is 13.0 Å². The van der Waals surface area contributed by atoms with E-state index < -0.39 is 0 Å². The Bertz CT molecular complexity index is 383. The highest BCUT2D eigenvalue weighted by Crippen LogP contribution is 2.12. The van der Waals surface area contributed by atoms with Crippen molar-refractivity contribution in [3.63, 3.8) is 0 Å². The summed E-state index contributed by atoms with van der Waals surface area (Å²) in [6, 6.07) is 7.74. The van der Waals surface area contributed by atoms with Crippen LogP contribution in [0.2, 0.25) is 0 Å². The molecule has 114 valence electrons. The maximum Gasteiger partial charge on any atom is 0.221 e. The largest absolute Gasteiger partial charge is 0.492 e. The molecule has 1 rings (SSSR count). The molecule has 0 heterocycles. The van der Waals surface area contributed by atoms with Gasteiger partial charge in [-0.15, -0.1) is 12.4 Å². The lowest BCUT2D eigenvalue weighted by Crippen LogP contribution is -2.24. The molecule has 0 fully saturated rings. The fraction of sp³-hybridized carbons (Fsp3) is 0.500. The van der Waals surface area contributed by atoms with Crippen molar-refractivity contribution in [2.75, 3.05) is 33.8 Å². The van der Waals surface area contributed by atoms with Crippen molar-refractivity contribution in [3.8, 4) is 5.75 Å². The average Bonchev–Trinajstić information content (AvgIpc) is 2.38. The zero-order valence-electron chi connectivity index (χ0n) is 12.1. The number of carbonyl (C=O) groups excluding carboxylic acids is 1. The molecule has 0 aliphatic rings. The van der Waals surface area contributed by atoms with Gasteiger partial charge in [0.15, 0.2) is 0 Å². The van der Waals surface area contributed by atoms with E-state index in [1.54, 1.807) is 0 Å². The molecule has 0 bridgehead atoms. The Kier molecular flexibility index (Phi) is 9.80. The highest BCUT2D eigenvalue weighted by atomic mass is 35.5. The summed E-state index contributed by atoms with van der Waals surface area (Å²) in [7, 11) is 4.02. The number of benzene rings is 1. The Labute approximate surface area is 126 Å². The molecule has 6 heteroatoms. The molecule has 20 heavy (non-hydrogen) atoms. The number of rotatable bonds is 8. The number of ether oxygens (including phenoxy) is 1. The Balaban J connectivity index is 0.00000361. The van der Waals surface area contributed by atoms with Crippen LogP contribution in [0.3, 0.4) is 0 Å². The molecular formula is C14H24ClN3O2. The summed E-state index contributed by atoms with van der Waals surface area (Å²) in [6.45, 7) is 2.46. The third kappa shape index (κ3) is 7.99. The molecule has 0 aliphatic heterocycles. The van der Waals surface area contributed by atoms with Crippen molar-refractivity contribution in [1.29, 1.82) is 0 Å². The first-order chi connectivity index (χ1) is 9.11. The van der Waals surface area contributed by atoms with Gasteiger partial charge >= 0.3 is 0 Å². The maximum absolute atomic E-state index is 11.3. The van der Waals surface area contributed by atoms with Crippen LogP contribution in [0, 0.1) is 0 Å². The summed E-state index contributed by atoms with van der Waals surface area (Å²) < 4.78 is 5.59. The third-order valence-electron chi connectivity index (χ3n) is 2.59. The molecule has 3 N–H and O–H groups in total. The number of nitrogens with zero attached hydrogens (tertiary/aromatic N) is 1. The molecule has 1 aromatic carbocycles. The van der Waals surface area contributed by atoms with Gasteiger partial charge in [0.25, 0.3) is 0 Å². The highest BCUT2D eigenvalue weighted by molar-refractivity contribution is 5.85. The summed E-state index contributed by atoms with van der Waals surface area (Å²) in [4.78, 5) is 13.3. The quantitative estimate of drug-likeness (QED) is 0.752. The summed E-state index contributed by atoms with van der Waals surface area (Å²) in [6.07, 6.45) is 0.367. The number of carbonyl (C=O) groups is 1. The summed E-state index contributed by atoms with van der Waals surface area (Å²) in [5, 5.41) is 2.81. The van der Waals surface area contributed by atoms with E-state index in [-0.39, 0.29) is 18.3 Å². The predicted molar refractivity (Wildman–Crippen MR) is 83.3 cm³/mol. The van der Waals surface area contributed by atoms with E-state index in [1.807, 2.05) is 38.4 Å². The highest BCUT2D eigenvalue weighted by Gasteiger charge is 2.00. The molecule has 0 aliphatic carbocycles. The topological polar surface area (TPSA) is 67.6 Å². The first-order valence-corrected chi connectivity index (χ1v) is 6.45. The van der Waals surface area contributed by atoms with Crippen molar-refractivity contribution in [1.82, 2.24) is 10.2 Å². The predicted octanol–water partition coefficient (Wildman–Crippen LogP) is 1.01. The second-order valence-electron chi connectivity index (χ2n) is 4.61. The smallest absolute Gasteiger partial charge is 0.221 e. The number of likely N-dealkylation sites (N-methyl/N-ethyl adjacent to an activating group) is 1. The van der Waals surface area contributed by atoms with Crippen LogP contribution in [0.5, 0.6) is 5.75 Å². The van der Waals surface area contributed by atoms with Crippen molar-refractivity contribution >= 4 is 18.3 Å². The number of hydrogen-bond donors (Lipinski definition) is 2. The number of nitrogens with two attached hydrogens (primary N) is 1. The minimum absolute atomic E-state index is 0. The van der Waals surface area contributed by atoms with Crippen LogP contribution in [0.15, 0.2) is 24.3 Å². The van der Waals surface area contributed by atoms with Crippen molar-refractivity contribution in [3.05, 3.63) is 29.8 Å². The Morgan fingerprint density at radius 1 is 1.30 bits per heavy atom. The molecule has 5 nitrogen and oxygen atoms in total. The fourth-order valence-electron chi connectivity index (χ4n) is 1.47.